The number of benzene rings is 2. The molecule has 0 unspecified atom stereocenters. The molecule has 0 aliphatic heterocycles. The zero-order valence-corrected chi connectivity index (χ0v) is 19.4. The van der Waals surface area contributed by atoms with Crippen LogP contribution in [0.4, 0.5) is 11.4 Å². The molecule has 0 aliphatic rings. The lowest BCUT2D eigenvalue weighted by Gasteiger charge is -2.20. The molecule has 2 heterocycles. The average molecular weight is 474 g/mol. The summed E-state index contributed by atoms with van der Waals surface area (Å²) in [5.41, 5.74) is 1.41. The first-order valence-corrected chi connectivity index (χ1v) is 11.3. The molecule has 0 saturated carbocycles. The summed E-state index contributed by atoms with van der Waals surface area (Å²) in [7, 11) is 0. The molecule has 4 aromatic rings. The molecule has 0 spiro atoms. The highest BCUT2D eigenvalue weighted by molar-refractivity contribution is 6.10. The molecule has 2 N–H and O–H groups in total. The third-order valence-corrected chi connectivity index (χ3v) is 5.16. The number of carbonyl (C=O) groups is 2. The van der Waals surface area contributed by atoms with Gasteiger partial charge in [0, 0.05) is 5.69 Å². The van der Waals surface area contributed by atoms with Gasteiger partial charge in [0.15, 0.2) is 0 Å². The number of amides is 2. The van der Waals surface area contributed by atoms with E-state index in [-0.39, 0.29) is 18.4 Å². The van der Waals surface area contributed by atoms with Crippen LogP contribution in [0.3, 0.4) is 0 Å². The highest BCUT2D eigenvalue weighted by Gasteiger charge is 2.18. The van der Waals surface area contributed by atoms with Crippen LogP contribution in [0.25, 0.3) is 0 Å². The summed E-state index contributed by atoms with van der Waals surface area (Å²) in [6.45, 7) is 3.42. The van der Waals surface area contributed by atoms with E-state index in [9.17, 15) is 9.59 Å². The summed E-state index contributed by atoms with van der Waals surface area (Å²) in [5.74, 6) is 1.61. The Kier molecular flexibility index (Phi) is 7.98. The summed E-state index contributed by atoms with van der Waals surface area (Å²) >= 11 is 0. The Bertz CT molecular complexity index is 1180. The number of ether oxygens (including phenoxy) is 1. The molecule has 0 bridgehead atoms. The lowest BCUT2D eigenvalue weighted by atomic mass is 10.1. The lowest BCUT2D eigenvalue weighted by molar-refractivity contribution is -0.117. The zero-order valence-electron chi connectivity index (χ0n) is 19.4. The number of hydrogen-bond acceptors (Lipinski definition) is 6. The van der Waals surface area contributed by atoms with E-state index >= 15 is 0 Å². The maximum absolute atomic E-state index is 13.0. The first kappa shape index (κ1) is 23.8. The SMILES string of the molecule is CCOc1ccc(NC(=O)c2ccccc2NC(=O)CN(Cc2ccco2)Cc2ccco2)cc1. The van der Waals surface area contributed by atoms with Gasteiger partial charge < -0.3 is 24.2 Å². The molecule has 8 nitrogen and oxygen atoms in total. The van der Waals surface area contributed by atoms with E-state index in [0.717, 1.165) is 17.3 Å². The van der Waals surface area contributed by atoms with Gasteiger partial charge in [0.25, 0.3) is 5.91 Å². The Labute approximate surface area is 203 Å². The second-order valence-electron chi connectivity index (χ2n) is 7.81. The predicted molar refractivity (Wildman–Crippen MR) is 132 cm³/mol. The molecular formula is C27H27N3O5. The predicted octanol–water partition coefficient (Wildman–Crippen LogP) is 5.16. The minimum atomic E-state index is -0.326. The van der Waals surface area contributed by atoms with Gasteiger partial charge in [-0.3, -0.25) is 14.5 Å². The summed E-state index contributed by atoms with van der Waals surface area (Å²) in [5, 5.41) is 5.73. The maximum atomic E-state index is 13.0. The van der Waals surface area contributed by atoms with E-state index in [1.807, 2.05) is 24.0 Å². The van der Waals surface area contributed by atoms with Crippen molar-refractivity contribution in [3.05, 3.63) is 102 Å². The molecule has 0 aliphatic carbocycles. The van der Waals surface area contributed by atoms with E-state index in [1.54, 1.807) is 73.2 Å². The number of furan rings is 2. The van der Waals surface area contributed by atoms with E-state index in [0.29, 0.717) is 36.6 Å². The second-order valence-corrected chi connectivity index (χ2v) is 7.81. The van der Waals surface area contributed by atoms with E-state index in [2.05, 4.69) is 10.6 Å². The molecule has 8 heteroatoms. The number of hydrogen-bond donors (Lipinski definition) is 2. The molecule has 4 rings (SSSR count). The first-order chi connectivity index (χ1) is 17.1. The lowest BCUT2D eigenvalue weighted by Crippen LogP contribution is -2.32. The van der Waals surface area contributed by atoms with Crippen LogP contribution in [0, 0.1) is 0 Å². The number of rotatable bonds is 11. The number of anilines is 2. The van der Waals surface area contributed by atoms with Crippen molar-refractivity contribution in [2.45, 2.75) is 20.0 Å². The van der Waals surface area contributed by atoms with Gasteiger partial charge in [0.1, 0.15) is 17.3 Å². The average Bonchev–Trinajstić information content (AvgIpc) is 3.55. The number of carbonyl (C=O) groups excluding carboxylic acids is 2. The Hall–Kier alpha value is -4.30. The molecule has 2 amide bonds. The molecule has 35 heavy (non-hydrogen) atoms. The van der Waals surface area contributed by atoms with Crippen molar-refractivity contribution in [1.82, 2.24) is 4.90 Å². The van der Waals surface area contributed by atoms with Crippen LogP contribution < -0.4 is 15.4 Å². The summed E-state index contributed by atoms with van der Waals surface area (Å²) < 4.78 is 16.3. The largest absolute Gasteiger partial charge is 0.494 e. The highest BCUT2D eigenvalue weighted by atomic mass is 16.5. The van der Waals surface area contributed by atoms with Crippen molar-refractivity contribution >= 4 is 23.2 Å². The van der Waals surface area contributed by atoms with Crippen LogP contribution in [0.2, 0.25) is 0 Å². The normalized spacial score (nSPS) is 10.8. The fourth-order valence-corrected chi connectivity index (χ4v) is 3.60. The van der Waals surface area contributed by atoms with Crippen LogP contribution in [0.15, 0.2) is 94.2 Å². The Morgan fingerprint density at radius 1 is 0.829 bits per heavy atom. The topological polar surface area (TPSA) is 97.0 Å². The van der Waals surface area contributed by atoms with Crippen LogP contribution >= 0.6 is 0 Å². The summed E-state index contributed by atoms with van der Waals surface area (Å²) in [6.07, 6.45) is 3.19. The molecule has 0 fully saturated rings. The summed E-state index contributed by atoms with van der Waals surface area (Å²) in [4.78, 5) is 27.8. The van der Waals surface area contributed by atoms with Gasteiger partial charge in [0.05, 0.1) is 50.0 Å². The Balaban J connectivity index is 1.42. The summed E-state index contributed by atoms with van der Waals surface area (Å²) in [6, 6.07) is 21.3. The second kappa shape index (κ2) is 11.7. The number of nitrogens with one attached hydrogen (secondary N) is 2. The third-order valence-electron chi connectivity index (χ3n) is 5.16. The molecule has 0 saturated heterocycles. The smallest absolute Gasteiger partial charge is 0.257 e. The maximum Gasteiger partial charge on any atom is 0.257 e. The Morgan fingerprint density at radius 3 is 2.09 bits per heavy atom. The van der Waals surface area contributed by atoms with Crippen molar-refractivity contribution < 1.29 is 23.2 Å². The van der Waals surface area contributed by atoms with Gasteiger partial charge in [-0.2, -0.15) is 0 Å². The van der Waals surface area contributed by atoms with Gasteiger partial charge in [-0.1, -0.05) is 12.1 Å². The number of para-hydroxylation sites is 1. The van der Waals surface area contributed by atoms with Gasteiger partial charge in [-0.15, -0.1) is 0 Å². The van der Waals surface area contributed by atoms with Crippen molar-refractivity contribution in [3.8, 4) is 5.75 Å². The van der Waals surface area contributed by atoms with Crippen LogP contribution in [-0.4, -0.2) is 29.9 Å². The van der Waals surface area contributed by atoms with Crippen LogP contribution in [0.5, 0.6) is 5.75 Å². The fourth-order valence-electron chi connectivity index (χ4n) is 3.60. The minimum Gasteiger partial charge on any atom is -0.494 e. The Morgan fingerprint density at radius 2 is 1.49 bits per heavy atom. The first-order valence-electron chi connectivity index (χ1n) is 11.3. The van der Waals surface area contributed by atoms with Gasteiger partial charge >= 0.3 is 0 Å². The van der Waals surface area contributed by atoms with E-state index in [4.69, 9.17) is 13.6 Å². The molecule has 0 radical (unpaired) electrons. The quantitative estimate of drug-likeness (QED) is 0.312. The third kappa shape index (κ3) is 6.84. The molecule has 2 aromatic carbocycles. The standard InChI is InChI=1S/C27H27N3O5/c1-2-33-21-13-11-20(12-14-21)28-27(32)24-9-3-4-10-25(24)29-26(31)19-30(17-22-7-5-15-34-22)18-23-8-6-16-35-23/h3-16H,2,17-19H2,1H3,(H,28,32)(H,29,31). The molecule has 0 atom stereocenters. The van der Waals surface area contributed by atoms with E-state index in [1.165, 1.54) is 0 Å². The number of nitrogens with zero attached hydrogens (tertiary/aromatic N) is 1. The van der Waals surface area contributed by atoms with Crippen molar-refractivity contribution in [2.75, 3.05) is 23.8 Å². The van der Waals surface area contributed by atoms with Crippen molar-refractivity contribution in [3.63, 3.8) is 0 Å². The zero-order chi connectivity index (χ0) is 24.5. The van der Waals surface area contributed by atoms with Gasteiger partial charge in [-0.25, -0.2) is 0 Å². The van der Waals surface area contributed by atoms with Crippen LogP contribution in [0.1, 0.15) is 28.8 Å². The van der Waals surface area contributed by atoms with Gasteiger partial charge in [0.2, 0.25) is 5.91 Å². The van der Waals surface area contributed by atoms with Crippen molar-refractivity contribution in [2.24, 2.45) is 0 Å². The molecular weight excluding hydrogens is 446 g/mol. The van der Waals surface area contributed by atoms with E-state index < -0.39 is 0 Å². The minimum absolute atomic E-state index is 0.0796. The monoisotopic (exact) mass is 473 g/mol. The van der Waals surface area contributed by atoms with Crippen LogP contribution in [-0.2, 0) is 17.9 Å². The molecule has 180 valence electrons. The molecule has 2 aromatic heterocycles. The fraction of sp³-hybridized carbons (Fsp3) is 0.185. The van der Waals surface area contributed by atoms with Gasteiger partial charge in [-0.05, 0) is 67.6 Å². The highest BCUT2D eigenvalue weighted by Crippen LogP contribution is 2.20. The van der Waals surface area contributed by atoms with Crippen molar-refractivity contribution in [1.29, 1.82) is 0 Å².